The molecule has 0 saturated heterocycles. The lowest BCUT2D eigenvalue weighted by atomic mass is 10.1. The molecule has 3 rings (SSSR count). The minimum Gasteiger partial charge on any atom is -0.488 e. The number of rotatable bonds is 6. The van der Waals surface area contributed by atoms with Crippen molar-refractivity contribution in [2.24, 2.45) is 0 Å². The Hall–Kier alpha value is -2.78. The van der Waals surface area contributed by atoms with Crippen LogP contribution in [-0.4, -0.2) is 5.91 Å². The van der Waals surface area contributed by atoms with Crippen LogP contribution in [0.3, 0.4) is 0 Å². The summed E-state index contributed by atoms with van der Waals surface area (Å²) in [7, 11) is 0. The molecule has 4 nitrogen and oxygen atoms in total. The maximum Gasteiger partial charge on any atom is 0.266 e. The lowest BCUT2D eigenvalue weighted by Gasteiger charge is -2.11. The number of halogens is 3. The Morgan fingerprint density at radius 1 is 1.13 bits per heavy atom. The predicted molar refractivity (Wildman–Crippen MR) is 128 cm³/mol. The van der Waals surface area contributed by atoms with Crippen molar-refractivity contribution in [1.29, 1.82) is 5.26 Å². The molecule has 0 heterocycles. The third-order valence-corrected chi connectivity index (χ3v) is 5.64. The molecule has 3 aromatic rings. The van der Waals surface area contributed by atoms with E-state index in [2.05, 4.69) is 21.2 Å². The van der Waals surface area contributed by atoms with Gasteiger partial charge in [0.05, 0.1) is 10.0 Å². The van der Waals surface area contributed by atoms with Gasteiger partial charge in [0.15, 0.2) is 0 Å². The van der Waals surface area contributed by atoms with Gasteiger partial charge in [-0.15, -0.1) is 0 Å². The van der Waals surface area contributed by atoms with Gasteiger partial charge in [0.25, 0.3) is 5.91 Å². The molecule has 1 amide bonds. The largest absolute Gasteiger partial charge is 0.488 e. The van der Waals surface area contributed by atoms with Crippen LogP contribution in [-0.2, 0) is 11.4 Å². The van der Waals surface area contributed by atoms with Crippen molar-refractivity contribution in [2.75, 3.05) is 5.32 Å². The fraction of sp³-hybridized carbons (Fsp3) is 0.0833. The summed E-state index contributed by atoms with van der Waals surface area (Å²) in [6, 6.07) is 20.0. The highest BCUT2D eigenvalue weighted by Crippen LogP contribution is 2.28. The zero-order chi connectivity index (χ0) is 22.4. The molecule has 0 spiro atoms. The number of nitrogens with one attached hydrogen (secondary N) is 1. The SMILES string of the molecule is Cc1ccccc1NC(=O)/C(C#N)=C/c1cc(Br)ccc1OCc1ccc(Cl)c(Cl)c1. The van der Waals surface area contributed by atoms with Crippen LogP contribution in [0.25, 0.3) is 6.08 Å². The van der Waals surface area contributed by atoms with Gasteiger partial charge in [-0.05, 0) is 60.5 Å². The van der Waals surface area contributed by atoms with Crippen LogP contribution >= 0.6 is 39.1 Å². The average Bonchev–Trinajstić information content (AvgIpc) is 2.75. The second kappa shape index (κ2) is 10.5. The Morgan fingerprint density at radius 2 is 1.90 bits per heavy atom. The molecule has 0 saturated carbocycles. The molecule has 0 aliphatic rings. The number of aryl methyl sites for hydroxylation is 1. The van der Waals surface area contributed by atoms with Gasteiger partial charge in [-0.25, -0.2) is 0 Å². The van der Waals surface area contributed by atoms with E-state index in [4.69, 9.17) is 27.9 Å². The van der Waals surface area contributed by atoms with Gasteiger partial charge < -0.3 is 10.1 Å². The maximum atomic E-state index is 12.7. The summed E-state index contributed by atoms with van der Waals surface area (Å²) in [5.74, 6) is 0.0259. The number of carbonyl (C=O) groups is 1. The Morgan fingerprint density at radius 3 is 2.61 bits per heavy atom. The molecule has 0 radical (unpaired) electrons. The van der Waals surface area contributed by atoms with Crippen molar-refractivity contribution in [3.63, 3.8) is 0 Å². The van der Waals surface area contributed by atoms with Crippen LogP contribution < -0.4 is 10.1 Å². The highest BCUT2D eigenvalue weighted by Gasteiger charge is 2.13. The normalized spacial score (nSPS) is 11.0. The van der Waals surface area contributed by atoms with Crippen molar-refractivity contribution >= 4 is 56.8 Å². The standard InChI is InChI=1S/C24H17BrCl2N2O2/c1-15-4-2-3-5-22(15)29-24(30)18(13-28)11-17-12-19(25)7-9-23(17)31-14-16-6-8-20(26)21(27)10-16/h2-12H,14H2,1H3,(H,29,30)/b18-11+. The number of nitrogens with zero attached hydrogens (tertiary/aromatic N) is 1. The second-order valence-corrected chi connectivity index (χ2v) is 8.39. The third-order valence-electron chi connectivity index (χ3n) is 4.41. The van der Waals surface area contributed by atoms with Crippen LogP contribution in [0.5, 0.6) is 5.75 Å². The van der Waals surface area contributed by atoms with Gasteiger partial charge in [-0.3, -0.25) is 4.79 Å². The van der Waals surface area contributed by atoms with Gasteiger partial charge in [-0.1, -0.05) is 63.4 Å². The van der Waals surface area contributed by atoms with Crippen LogP contribution in [0.4, 0.5) is 5.69 Å². The van der Waals surface area contributed by atoms with E-state index in [1.807, 2.05) is 43.3 Å². The topological polar surface area (TPSA) is 62.1 Å². The summed E-state index contributed by atoms with van der Waals surface area (Å²) in [5, 5.41) is 13.3. The van der Waals surface area contributed by atoms with Crippen molar-refractivity contribution < 1.29 is 9.53 Å². The first kappa shape index (κ1) is 22.9. The van der Waals surface area contributed by atoms with Gasteiger partial charge in [0.1, 0.15) is 24.0 Å². The predicted octanol–water partition coefficient (Wildman–Crippen LogP) is 7.19. The molecule has 31 heavy (non-hydrogen) atoms. The molecule has 0 aromatic heterocycles. The monoisotopic (exact) mass is 514 g/mol. The number of anilines is 1. The summed E-state index contributed by atoms with van der Waals surface area (Å²) in [6.45, 7) is 2.13. The summed E-state index contributed by atoms with van der Waals surface area (Å²) in [6.07, 6.45) is 1.50. The van der Waals surface area contributed by atoms with Crippen molar-refractivity contribution in [2.45, 2.75) is 13.5 Å². The Kier molecular flexibility index (Phi) is 7.75. The van der Waals surface area contributed by atoms with E-state index in [-0.39, 0.29) is 12.2 Å². The number of hydrogen-bond acceptors (Lipinski definition) is 3. The van der Waals surface area contributed by atoms with Crippen molar-refractivity contribution in [1.82, 2.24) is 0 Å². The Labute approximate surface area is 199 Å². The summed E-state index contributed by atoms with van der Waals surface area (Å²) >= 11 is 15.4. The van der Waals surface area contributed by atoms with Crippen LogP contribution in [0, 0.1) is 18.3 Å². The van der Waals surface area contributed by atoms with Gasteiger partial charge >= 0.3 is 0 Å². The van der Waals surface area contributed by atoms with E-state index >= 15 is 0 Å². The first-order valence-corrected chi connectivity index (χ1v) is 10.8. The first-order valence-electron chi connectivity index (χ1n) is 9.22. The molecule has 3 aromatic carbocycles. The highest BCUT2D eigenvalue weighted by molar-refractivity contribution is 9.10. The lowest BCUT2D eigenvalue weighted by Crippen LogP contribution is -2.14. The average molecular weight is 516 g/mol. The number of hydrogen-bond donors (Lipinski definition) is 1. The number of carbonyl (C=O) groups excluding carboxylic acids is 1. The molecular formula is C24H17BrCl2N2O2. The van der Waals surface area contributed by atoms with Crippen LogP contribution in [0.1, 0.15) is 16.7 Å². The van der Waals surface area contributed by atoms with E-state index in [1.165, 1.54) is 6.08 Å². The number of nitriles is 1. The van der Waals surface area contributed by atoms with Crippen molar-refractivity contribution in [3.05, 3.63) is 97.4 Å². The van der Waals surface area contributed by atoms with E-state index < -0.39 is 5.91 Å². The zero-order valence-electron chi connectivity index (χ0n) is 16.5. The molecule has 0 fully saturated rings. The minimum absolute atomic E-state index is 0.0410. The number of para-hydroxylation sites is 1. The molecule has 0 aliphatic heterocycles. The Bertz CT molecular complexity index is 1200. The highest BCUT2D eigenvalue weighted by atomic mass is 79.9. The van der Waals surface area contributed by atoms with E-state index in [0.29, 0.717) is 27.0 Å². The van der Waals surface area contributed by atoms with Gasteiger partial charge in [0, 0.05) is 15.7 Å². The van der Waals surface area contributed by atoms with E-state index in [9.17, 15) is 10.1 Å². The van der Waals surface area contributed by atoms with Gasteiger partial charge in [-0.2, -0.15) is 5.26 Å². The maximum absolute atomic E-state index is 12.7. The van der Waals surface area contributed by atoms with Crippen LogP contribution in [0.15, 0.2) is 70.7 Å². The lowest BCUT2D eigenvalue weighted by molar-refractivity contribution is -0.112. The molecule has 7 heteroatoms. The van der Waals surface area contributed by atoms with Crippen molar-refractivity contribution in [3.8, 4) is 11.8 Å². The second-order valence-electron chi connectivity index (χ2n) is 6.66. The quantitative estimate of drug-likeness (QED) is 0.279. The molecule has 0 atom stereocenters. The molecule has 156 valence electrons. The zero-order valence-corrected chi connectivity index (χ0v) is 19.6. The fourth-order valence-electron chi connectivity index (χ4n) is 2.76. The summed E-state index contributed by atoms with van der Waals surface area (Å²) in [4.78, 5) is 12.7. The first-order chi connectivity index (χ1) is 14.9. The van der Waals surface area contributed by atoms with E-state index in [1.54, 1.807) is 30.3 Å². The molecule has 0 aliphatic carbocycles. The van der Waals surface area contributed by atoms with E-state index in [0.717, 1.165) is 15.6 Å². The Balaban J connectivity index is 1.84. The molecule has 0 unspecified atom stereocenters. The smallest absolute Gasteiger partial charge is 0.266 e. The molecular weight excluding hydrogens is 499 g/mol. The van der Waals surface area contributed by atoms with Gasteiger partial charge in [0.2, 0.25) is 0 Å². The minimum atomic E-state index is -0.493. The summed E-state index contributed by atoms with van der Waals surface area (Å²) in [5.41, 5.74) is 2.94. The number of amides is 1. The number of benzene rings is 3. The fourth-order valence-corrected chi connectivity index (χ4v) is 3.46. The summed E-state index contributed by atoms with van der Waals surface area (Å²) < 4.78 is 6.72. The van der Waals surface area contributed by atoms with Crippen LogP contribution in [0.2, 0.25) is 10.0 Å². The third kappa shape index (κ3) is 6.11. The number of ether oxygens (including phenoxy) is 1. The molecule has 0 bridgehead atoms. The molecule has 1 N–H and O–H groups in total.